The van der Waals surface area contributed by atoms with Gasteiger partial charge in [0.15, 0.2) is 0 Å². The first-order valence-corrected chi connectivity index (χ1v) is 6.96. The van der Waals surface area contributed by atoms with Gasteiger partial charge in [0.25, 0.3) is 0 Å². The fourth-order valence-corrected chi connectivity index (χ4v) is 2.67. The molecule has 106 valence electrons. The van der Waals surface area contributed by atoms with Crippen molar-refractivity contribution in [2.45, 2.75) is 0 Å². The summed E-state index contributed by atoms with van der Waals surface area (Å²) in [5.41, 5.74) is 2.07. The Hall–Kier alpha value is -1.75. The summed E-state index contributed by atoms with van der Waals surface area (Å²) >= 11 is 18.1. The molecule has 7 heteroatoms. The van der Waals surface area contributed by atoms with Crippen molar-refractivity contribution in [1.82, 2.24) is 9.55 Å². The van der Waals surface area contributed by atoms with Gasteiger partial charge in [-0.3, -0.25) is 4.57 Å². The van der Waals surface area contributed by atoms with E-state index in [0.29, 0.717) is 26.3 Å². The minimum Gasteiger partial charge on any atom is -0.478 e. The number of carboxylic acids is 1. The average molecular weight is 342 g/mol. The zero-order valence-corrected chi connectivity index (χ0v) is 12.6. The smallest absolute Gasteiger partial charge is 0.335 e. The largest absolute Gasteiger partial charge is 0.478 e. The number of imidazole rings is 1. The van der Waals surface area contributed by atoms with E-state index in [1.54, 1.807) is 29.1 Å². The summed E-state index contributed by atoms with van der Waals surface area (Å²) in [6.07, 6.45) is 1.56. The highest BCUT2D eigenvalue weighted by atomic mass is 35.5. The number of hydrogen-bond acceptors (Lipinski definition) is 2. The van der Waals surface area contributed by atoms with Gasteiger partial charge in [0.05, 0.1) is 37.4 Å². The summed E-state index contributed by atoms with van der Waals surface area (Å²) in [6, 6.07) is 7.87. The molecule has 3 rings (SSSR count). The standard InChI is InChI=1S/C14H7Cl3N2O2/c15-8-4-10(17)13(5-9(8)16)19-6-18-11-3-7(14(20)21)1-2-12(11)19/h1-6H,(H,20,21). The summed E-state index contributed by atoms with van der Waals surface area (Å²) in [4.78, 5) is 15.2. The van der Waals surface area contributed by atoms with Gasteiger partial charge in [-0.25, -0.2) is 9.78 Å². The van der Waals surface area contributed by atoms with Crippen LogP contribution in [0.25, 0.3) is 16.7 Å². The molecule has 0 aliphatic rings. The van der Waals surface area contributed by atoms with Crippen molar-refractivity contribution in [3.8, 4) is 5.69 Å². The normalized spacial score (nSPS) is 11.0. The summed E-state index contributed by atoms with van der Waals surface area (Å²) in [6.45, 7) is 0. The van der Waals surface area contributed by atoms with Crippen LogP contribution in [0, 0.1) is 0 Å². The van der Waals surface area contributed by atoms with E-state index >= 15 is 0 Å². The van der Waals surface area contributed by atoms with Gasteiger partial charge in [0.2, 0.25) is 0 Å². The maximum atomic E-state index is 11.0. The lowest BCUT2D eigenvalue weighted by atomic mass is 10.2. The molecule has 1 aromatic heterocycles. The van der Waals surface area contributed by atoms with Crippen molar-refractivity contribution >= 4 is 51.8 Å². The maximum absolute atomic E-state index is 11.0. The number of nitrogens with zero attached hydrogens (tertiary/aromatic N) is 2. The quantitative estimate of drug-likeness (QED) is 0.688. The number of rotatable bonds is 2. The van der Waals surface area contributed by atoms with E-state index in [1.165, 1.54) is 12.1 Å². The van der Waals surface area contributed by atoms with Crippen LogP contribution in [0.5, 0.6) is 0 Å². The second-order valence-electron chi connectivity index (χ2n) is 4.34. The minimum atomic E-state index is -1.00. The van der Waals surface area contributed by atoms with Crippen molar-refractivity contribution in [2.75, 3.05) is 0 Å². The molecule has 0 radical (unpaired) electrons. The van der Waals surface area contributed by atoms with Gasteiger partial charge < -0.3 is 5.11 Å². The number of aromatic nitrogens is 2. The molecule has 1 N–H and O–H groups in total. The van der Waals surface area contributed by atoms with Crippen molar-refractivity contribution in [3.05, 3.63) is 57.3 Å². The number of carbonyl (C=O) groups is 1. The minimum absolute atomic E-state index is 0.174. The van der Waals surface area contributed by atoms with Gasteiger partial charge in [0, 0.05) is 0 Å². The van der Waals surface area contributed by atoms with Crippen molar-refractivity contribution in [1.29, 1.82) is 0 Å². The fourth-order valence-electron chi connectivity index (χ4n) is 2.03. The van der Waals surface area contributed by atoms with Crippen LogP contribution in [0.2, 0.25) is 15.1 Å². The van der Waals surface area contributed by atoms with Crippen molar-refractivity contribution in [2.24, 2.45) is 0 Å². The molecule has 0 saturated carbocycles. The number of hydrogen-bond donors (Lipinski definition) is 1. The molecule has 0 saturated heterocycles. The molecule has 4 nitrogen and oxygen atoms in total. The van der Waals surface area contributed by atoms with Crippen LogP contribution in [0.1, 0.15) is 10.4 Å². The first kappa shape index (κ1) is 14.2. The Bertz CT molecular complexity index is 874. The highest BCUT2D eigenvalue weighted by molar-refractivity contribution is 6.43. The van der Waals surface area contributed by atoms with Gasteiger partial charge in [0.1, 0.15) is 6.33 Å². The molecule has 0 fully saturated rings. The molecular weight excluding hydrogens is 335 g/mol. The van der Waals surface area contributed by atoms with Gasteiger partial charge >= 0.3 is 5.97 Å². The SMILES string of the molecule is O=C(O)c1ccc2c(c1)ncn2-c1cc(Cl)c(Cl)cc1Cl. The van der Waals surface area contributed by atoms with Crippen LogP contribution in [-0.4, -0.2) is 20.6 Å². The van der Waals surface area contributed by atoms with E-state index in [4.69, 9.17) is 39.9 Å². The number of aromatic carboxylic acids is 1. The Kier molecular flexibility index (Phi) is 3.53. The molecule has 0 unspecified atom stereocenters. The lowest BCUT2D eigenvalue weighted by molar-refractivity contribution is 0.0697. The third-order valence-corrected chi connectivity index (χ3v) is 4.07. The topological polar surface area (TPSA) is 55.1 Å². The van der Waals surface area contributed by atoms with E-state index in [1.807, 2.05) is 0 Å². The van der Waals surface area contributed by atoms with Crippen LogP contribution in [0.15, 0.2) is 36.7 Å². The van der Waals surface area contributed by atoms with Crippen molar-refractivity contribution in [3.63, 3.8) is 0 Å². The highest BCUT2D eigenvalue weighted by Gasteiger charge is 2.12. The summed E-state index contributed by atoms with van der Waals surface area (Å²) in [5.74, 6) is -1.00. The van der Waals surface area contributed by atoms with E-state index in [-0.39, 0.29) is 5.56 Å². The predicted molar refractivity (Wildman–Crippen MR) is 83.1 cm³/mol. The molecule has 1 heterocycles. The molecule has 0 aliphatic heterocycles. The molecule has 0 amide bonds. The Morgan fingerprint density at radius 2 is 1.76 bits per heavy atom. The highest BCUT2D eigenvalue weighted by Crippen LogP contribution is 2.32. The number of fused-ring (bicyclic) bond motifs is 1. The molecule has 0 atom stereocenters. The first-order chi connectivity index (χ1) is 9.97. The zero-order chi connectivity index (χ0) is 15.1. The van der Waals surface area contributed by atoms with Crippen LogP contribution < -0.4 is 0 Å². The Morgan fingerprint density at radius 1 is 1.05 bits per heavy atom. The Labute approximate surface area is 134 Å². The van der Waals surface area contributed by atoms with E-state index in [2.05, 4.69) is 4.98 Å². The molecule has 21 heavy (non-hydrogen) atoms. The zero-order valence-electron chi connectivity index (χ0n) is 10.3. The molecule has 0 aliphatic carbocycles. The van der Waals surface area contributed by atoms with E-state index < -0.39 is 5.97 Å². The Balaban J connectivity index is 2.22. The third-order valence-electron chi connectivity index (χ3n) is 3.04. The first-order valence-electron chi connectivity index (χ1n) is 5.82. The number of halogens is 3. The fraction of sp³-hybridized carbons (Fsp3) is 0. The van der Waals surface area contributed by atoms with E-state index in [0.717, 1.165) is 5.52 Å². The lowest BCUT2D eigenvalue weighted by Gasteiger charge is -2.08. The van der Waals surface area contributed by atoms with Crippen LogP contribution in [0.4, 0.5) is 0 Å². The third kappa shape index (κ3) is 2.46. The lowest BCUT2D eigenvalue weighted by Crippen LogP contribution is -1.97. The second-order valence-corrected chi connectivity index (χ2v) is 5.56. The van der Waals surface area contributed by atoms with Crippen LogP contribution in [0.3, 0.4) is 0 Å². The number of carboxylic acid groups (broad SMARTS) is 1. The van der Waals surface area contributed by atoms with Gasteiger partial charge in [-0.05, 0) is 30.3 Å². The molecule has 2 aromatic carbocycles. The molecule has 0 spiro atoms. The molecule has 3 aromatic rings. The van der Waals surface area contributed by atoms with Gasteiger partial charge in [-0.1, -0.05) is 34.8 Å². The molecular formula is C14H7Cl3N2O2. The van der Waals surface area contributed by atoms with E-state index in [9.17, 15) is 4.79 Å². The number of benzene rings is 2. The van der Waals surface area contributed by atoms with Crippen LogP contribution >= 0.6 is 34.8 Å². The van der Waals surface area contributed by atoms with Gasteiger partial charge in [-0.2, -0.15) is 0 Å². The summed E-state index contributed by atoms with van der Waals surface area (Å²) in [7, 11) is 0. The average Bonchev–Trinajstić information content (AvgIpc) is 2.85. The van der Waals surface area contributed by atoms with Crippen molar-refractivity contribution < 1.29 is 9.90 Å². The van der Waals surface area contributed by atoms with Crippen LogP contribution in [-0.2, 0) is 0 Å². The maximum Gasteiger partial charge on any atom is 0.335 e. The monoisotopic (exact) mass is 340 g/mol. The van der Waals surface area contributed by atoms with Gasteiger partial charge in [-0.15, -0.1) is 0 Å². The summed E-state index contributed by atoms with van der Waals surface area (Å²) in [5, 5.41) is 10.2. The molecule has 0 bridgehead atoms. The Morgan fingerprint density at radius 3 is 2.48 bits per heavy atom. The summed E-state index contributed by atoms with van der Waals surface area (Å²) < 4.78 is 1.73. The predicted octanol–water partition coefficient (Wildman–Crippen LogP) is 4.68. The second kappa shape index (κ2) is 5.22.